The van der Waals surface area contributed by atoms with Crippen molar-refractivity contribution in [2.24, 2.45) is 5.92 Å². The summed E-state index contributed by atoms with van der Waals surface area (Å²) in [6.45, 7) is 6.42. The predicted molar refractivity (Wildman–Crippen MR) is 204 cm³/mol. The second-order valence-electron chi connectivity index (χ2n) is 15.4. The second kappa shape index (κ2) is 14.8. The lowest BCUT2D eigenvalue weighted by atomic mass is 9.84. The first-order valence-corrected chi connectivity index (χ1v) is 19.3. The van der Waals surface area contributed by atoms with E-state index in [4.69, 9.17) is 9.84 Å². The molecule has 2 saturated carbocycles. The van der Waals surface area contributed by atoms with Crippen molar-refractivity contribution in [3.63, 3.8) is 0 Å². The van der Waals surface area contributed by atoms with Crippen LogP contribution in [0, 0.1) is 5.92 Å². The number of aromatic nitrogens is 3. The molecule has 2 N–H and O–H groups in total. The molecule has 4 heterocycles. The average Bonchev–Trinajstić information content (AvgIpc) is 3.92. The van der Waals surface area contributed by atoms with E-state index in [-0.39, 0.29) is 40.9 Å². The van der Waals surface area contributed by atoms with Crippen molar-refractivity contribution in [3.05, 3.63) is 82.4 Å². The van der Waals surface area contributed by atoms with Crippen LogP contribution in [0.2, 0.25) is 0 Å². The maximum absolute atomic E-state index is 13.4. The number of ether oxygens (including phenoxy) is 1. The van der Waals surface area contributed by atoms with Gasteiger partial charge in [-0.2, -0.15) is 5.10 Å². The number of piperazine rings is 1. The highest BCUT2D eigenvalue weighted by molar-refractivity contribution is 6.08. The Hall–Kier alpha value is -4.97. The van der Waals surface area contributed by atoms with Crippen molar-refractivity contribution in [1.82, 2.24) is 24.6 Å². The zero-order valence-electron chi connectivity index (χ0n) is 30.6. The van der Waals surface area contributed by atoms with E-state index in [9.17, 15) is 19.2 Å². The molecule has 278 valence electrons. The van der Waals surface area contributed by atoms with Crippen LogP contribution in [-0.4, -0.2) is 76.3 Å². The van der Waals surface area contributed by atoms with Crippen LogP contribution in [0.25, 0.3) is 10.9 Å². The van der Waals surface area contributed by atoms with Gasteiger partial charge in [-0.05, 0) is 107 Å². The molecule has 2 atom stereocenters. The third-order valence-corrected chi connectivity index (χ3v) is 11.9. The summed E-state index contributed by atoms with van der Waals surface area (Å²) in [7, 11) is 1.55. The van der Waals surface area contributed by atoms with Crippen molar-refractivity contribution >= 4 is 40.0 Å². The first-order valence-electron chi connectivity index (χ1n) is 19.3. The van der Waals surface area contributed by atoms with Crippen LogP contribution in [0.15, 0.2) is 65.7 Å². The Bertz CT molecular complexity index is 2060. The standard InChI is InChI=1S/C41H49N7O5/c1-26-24-45(20-21-46(26)30-11-7-28(8-12-30)33-15-16-38(49)43-39(33)50)19-17-27-5-9-32(10-6-27)48-25-29-22-34(37(53-2)23-36(29)44-48)40(51)42-35-4-3-18-47(41(35)52)31-13-14-31/h3-4,7-8,11-12,18,22-23,25-27,31-33H,5-6,9-10,13-17,19-21,24H2,1-2H3,(H,42,51)(H,43,49,50)/t26-,27?,32?,33?/m0/s1. The van der Waals surface area contributed by atoms with Gasteiger partial charge in [0.1, 0.15) is 11.4 Å². The molecule has 2 aliphatic carbocycles. The quantitative estimate of drug-likeness (QED) is 0.201. The summed E-state index contributed by atoms with van der Waals surface area (Å²) in [5, 5.41) is 11.1. The molecule has 1 unspecified atom stereocenters. The van der Waals surface area contributed by atoms with Crippen LogP contribution in [0.5, 0.6) is 5.75 Å². The zero-order chi connectivity index (χ0) is 36.6. The normalized spacial score (nSPS) is 23.9. The minimum Gasteiger partial charge on any atom is -0.496 e. The number of nitrogens with one attached hydrogen (secondary N) is 2. The van der Waals surface area contributed by atoms with Gasteiger partial charge in [0, 0.05) is 67.7 Å². The first kappa shape index (κ1) is 35.1. The van der Waals surface area contributed by atoms with Gasteiger partial charge in [-0.15, -0.1) is 0 Å². The summed E-state index contributed by atoms with van der Waals surface area (Å²) in [6.07, 6.45) is 12.4. The van der Waals surface area contributed by atoms with E-state index in [1.807, 2.05) is 30.5 Å². The highest BCUT2D eigenvalue weighted by Gasteiger charge is 2.30. The van der Waals surface area contributed by atoms with Gasteiger partial charge in [0.15, 0.2) is 0 Å². The Kier molecular flexibility index (Phi) is 9.80. The van der Waals surface area contributed by atoms with E-state index in [1.165, 1.54) is 24.9 Å². The highest BCUT2D eigenvalue weighted by atomic mass is 16.5. The van der Waals surface area contributed by atoms with Crippen LogP contribution in [0.3, 0.4) is 0 Å². The second-order valence-corrected chi connectivity index (χ2v) is 15.4. The molecular weight excluding hydrogens is 670 g/mol. The smallest absolute Gasteiger partial charge is 0.274 e. The fraction of sp³-hybridized carbons (Fsp3) is 0.488. The van der Waals surface area contributed by atoms with E-state index in [2.05, 4.69) is 44.2 Å². The fourth-order valence-corrected chi connectivity index (χ4v) is 8.63. The van der Waals surface area contributed by atoms with Crippen LogP contribution < -0.4 is 25.8 Å². The summed E-state index contributed by atoms with van der Waals surface area (Å²) >= 11 is 0. The summed E-state index contributed by atoms with van der Waals surface area (Å²) in [4.78, 5) is 55.2. The number of amides is 3. The largest absolute Gasteiger partial charge is 0.496 e. The number of rotatable bonds is 10. The number of piperidine rings is 1. The third kappa shape index (κ3) is 7.46. The summed E-state index contributed by atoms with van der Waals surface area (Å²) in [6, 6.07) is 16.4. The Balaban J connectivity index is 0.825. The first-order chi connectivity index (χ1) is 25.7. The molecule has 0 radical (unpaired) electrons. The van der Waals surface area contributed by atoms with Gasteiger partial charge in [-0.3, -0.25) is 34.1 Å². The molecule has 12 nitrogen and oxygen atoms in total. The maximum atomic E-state index is 13.4. The van der Waals surface area contributed by atoms with Crippen LogP contribution in [0.4, 0.5) is 11.4 Å². The predicted octanol–water partition coefficient (Wildman–Crippen LogP) is 5.65. The monoisotopic (exact) mass is 719 g/mol. The molecule has 0 bridgehead atoms. The molecule has 2 aromatic heterocycles. The molecule has 4 aromatic rings. The van der Waals surface area contributed by atoms with Crippen molar-refractivity contribution in [3.8, 4) is 5.75 Å². The van der Waals surface area contributed by atoms with Crippen molar-refractivity contribution in [2.75, 3.05) is 43.5 Å². The van der Waals surface area contributed by atoms with E-state index in [0.717, 1.165) is 68.3 Å². The Morgan fingerprint density at radius 1 is 0.962 bits per heavy atom. The van der Waals surface area contributed by atoms with Gasteiger partial charge >= 0.3 is 0 Å². The highest BCUT2D eigenvalue weighted by Crippen LogP contribution is 2.36. The number of hydrogen-bond acceptors (Lipinski definition) is 8. The number of hydrogen-bond donors (Lipinski definition) is 2. The third-order valence-electron chi connectivity index (χ3n) is 11.9. The van der Waals surface area contributed by atoms with Crippen LogP contribution in [0.1, 0.15) is 98.6 Å². The van der Waals surface area contributed by atoms with E-state index in [0.29, 0.717) is 42.2 Å². The number of carbonyl (C=O) groups excluding carboxylic acids is 3. The zero-order valence-corrected chi connectivity index (χ0v) is 30.6. The van der Waals surface area contributed by atoms with Gasteiger partial charge < -0.3 is 19.5 Å². The van der Waals surface area contributed by atoms with E-state index >= 15 is 0 Å². The van der Waals surface area contributed by atoms with Crippen molar-refractivity contribution in [2.45, 2.75) is 88.8 Å². The topological polar surface area (TPSA) is 131 Å². The van der Waals surface area contributed by atoms with E-state index in [1.54, 1.807) is 30.0 Å². The maximum Gasteiger partial charge on any atom is 0.274 e. The molecule has 8 rings (SSSR count). The van der Waals surface area contributed by atoms with Crippen molar-refractivity contribution < 1.29 is 19.1 Å². The number of anilines is 2. The molecule has 2 aromatic carbocycles. The molecule has 0 spiro atoms. The number of nitrogens with zero attached hydrogens (tertiary/aromatic N) is 5. The molecule has 12 heteroatoms. The number of imide groups is 1. The number of methoxy groups -OCH3 is 1. The molecule has 4 fully saturated rings. The van der Waals surface area contributed by atoms with Crippen molar-refractivity contribution in [1.29, 1.82) is 0 Å². The number of carbonyl (C=O) groups is 3. The summed E-state index contributed by atoms with van der Waals surface area (Å²) in [5.74, 6) is 0.127. The minimum atomic E-state index is -0.376. The van der Waals surface area contributed by atoms with Gasteiger partial charge in [-0.1, -0.05) is 12.1 Å². The van der Waals surface area contributed by atoms with Gasteiger partial charge in [0.2, 0.25) is 11.8 Å². The summed E-state index contributed by atoms with van der Waals surface area (Å²) in [5.41, 5.74) is 3.41. The molecule has 2 saturated heterocycles. The average molecular weight is 720 g/mol. The SMILES string of the molecule is COc1cc2nn(C3CCC(CCN4CCN(c5ccc(C6CCC(=O)NC6=O)cc5)[C@@H](C)C4)CC3)cc2cc1C(=O)Nc1cccn(C2CC2)c1=O. The molecule has 4 aliphatic rings. The number of pyridine rings is 1. The Labute approximate surface area is 309 Å². The minimum absolute atomic E-state index is 0.182. The van der Waals surface area contributed by atoms with Gasteiger partial charge in [0.05, 0.1) is 30.1 Å². The Morgan fingerprint density at radius 2 is 1.74 bits per heavy atom. The number of fused-ring (bicyclic) bond motifs is 1. The van der Waals surface area contributed by atoms with Gasteiger partial charge in [-0.25, -0.2) is 0 Å². The molecular formula is C41H49N7O5. The fourth-order valence-electron chi connectivity index (χ4n) is 8.63. The summed E-state index contributed by atoms with van der Waals surface area (Å²) < 4.78 is 9.38. The van der Waals surface area contributed by atoms with Crippen LogP contribution in [-0.2, 0) is 9.59 Å². The van der Waals surface area contributed by atoms with Gasteiger partial charge in [0.25, 0.3) is 11.5 Å². The van der Waals surface area contributed by atoms with Crippen LogP contribution >= 0.6 is 0 Å². The molecule has 3 amide bonds. The lowest BCUT2D eigenvalue weighted by Crippen LogP contribution is -2.52. The van der Waals surface area contributed by atoms with E-state index < -0.39 is 0 Å². The lowest BCUT2D eigenvalue weighted by Gasteiger charge is -2.42. The lowest BCUT2D eigenvalue weighted by molar-refractivity contribution is -0.134. The molecule has 2 aliphatic heterocycles. The molecule has 53 heavy (non-hydrogen) atoms. The Morgan fingerprint density at radius 3 is 2.45 bits per heavy atom. The number of benzene rings is 2.